The van der Waals surface area contributed by atoms with Crippen LogP contribution in [-0.4, -0.2) is 52.7 Å². The molecule has 0 saturated carbocycles. The maximum Gasteiger partial charge on any atom is 0.412 e. The average Bonchev–Trinajstić information content (AvgIpc) is 2.86. The van der Waals surface area contributed by atoms with Crippen LogP contribution in [0.25, 0.3) is 0 Å². The number of hydrogen-bond acceptors (Lipinski definition) is 5. The molecule has 0 radical (unpaired) electrons. The Morgan fingerprint density at radius 3 is 2.62 bits per heavy atom. The lowest BCUT2D eigenvalue weighted by Gasteiger charge is -2.38. The largest absolute Gasteiger partial charge is 0.444 e. The zero-order valence-electron chi connectivity index (χ0n) is 16.5. The topological polar surface area (TPSA) is 71.0 Å². The number of nitrogens with zero attached hydrogens (tertiary/aromatic N) is 1. The molecular weight excluding hydrogens is 332 g/mol. The summed E-state index contributed by atoms with van der Waals surface area (Å²) in [4.78, 5) is 14.5. The van der Waals surface area contributed by atoms with Crippen LogP contribution < -0.4 is 5.32 Å². The first kappa shape index (κ1) is 20.7. The molecule has 0 spiro atoms. The minimum atomic E-state index is -0.755. The van der Waals surface area contributed by atoms with E-state index in [1.807, 2.05) is 65.0 Å². The lowest BCUT2D eigenvalue weighted by atomic mass is 10.0. The van der Waals surface area contributed by atoms with Gasteiger partial charge in [-0.05, 0) is 46.6 Å². The van der Waals surface area contributed by atoms with Gasteiger partial charge in [0.1, 0.15) is 11.3 Å². The van der Waals surface area contributed by atoms with Gasteiger partial charge in [0.15, 0.2) is 0 Å². The van der Waals surface area contributed by atoms with E-state index in [2.05, 4.69) is 5.32 Å². The number of hydrogen-bond donors (Lipinski definition) is 2. The van der Waals surface area contributed by atoms with Gasteiger partial charge in [0.25, 0.3) is 0 Å². The van der Waals surface area contributed by atoms with Gasteiger partial charge < -0.3 is 19.9 Å². The highest BCUT2D eigenvalue weighted by atomic mass is 16.6. The van der Waals surface area contributed by atoms with Gasteiger partial charge in [-0.15, -0.1) is 0 Å². The molecule has 0 unspecified atom stereocenters. The zero-order chi connectivity index (χ0) is 19.4. The molecule has 146 valence electrons. The van der Waals surface area contributed by atoms with Crippen molar-refractivity contribution in [2.24, 2.45) is 0 Å². The molecule has 26 heavy (non-hydrogen) atoms. The summed E-state index contributed by atoms with van der Waals surface area (Å²) in [5, 5.41) is 13.0. The van der Waals surface area contributed by atoms with Crippen molar-refractivity contribution < 1.29 is 19.4 Å². The zero-order valence-corrected chi connectivity index (χ0v) is 16.5. The van der Waals surface area contributed by atoms with E-state index >= 15 is 0 Å². The lowest BCUT2D eigenvalue weighted by molar-refractivity contribution is -0.0639. The van der Waals surface area contributed by atoms with E-state index in [9.17, 15) is 9.90 Å². The molecule has 1 heterocycles. The number of aliphatic hydroxyl groups excluding tert-OH is 1. The summed E-state index contributed by atoms with van der Waals surface area (Å²) in [5.74, 6) is 0. The van der Waals surface area contributed by atoms with Gasteiger partial charge >= 0.3 is 6.09 Å². The molecule has 0 aromatic heterocycles. The minimum Gasteiger partial charge on any atom is -0.444 e. The van der Waals surface area contributed by atoms with Crippen LogP contribution in [0.15, 0.2) is 30.3 Å². The summed E-state index contributed by atoms with van der Waals surface area (Å²) < 4.78 is 11.5. The van der Waals surface area contributed by atoms with Gasteiger partial charge in [-0.1, -0.05) is 30.3 Å². The van der Waals surface area contributed by atoms with Crippen LogP contribution in [0.1, 0.15) is 46.6 Å². The predicted molar refractivity (Wildman–Crippen MR) is 101 cm³/mol. The SMILES string of the molecule is CC(C)(C)OC(=O)N1[C@H]([C@H](CCO)NCc2ccccc2)COC1(C)C. The molecule has 1 aromatic rings. The normalized spacial score (nSPS) is 20.8. The van der Waals surface area contributed by atoms with E-state index in [4.69, 9.17) is 9.47 Å². The van der Waals surface area contributed by atoms with Gasteiger partial charge in [0.05, 0.1) is 12.6 Å². The Morgan fingerprint density at radius 1 is 1.38 bits per heavy atom. The van der Waals surface area contributed by atoms with E-state index in [1.165, 1.54) is 0 Å². The van der Waals surface area contributed by atoms with Crippen molar-refractivity contribution in [3.8, 4) is 0 Å². The molecule has 1 amide bonds. The van der Waals surface area contributed by atoms with Crippen LogP contribution in [0.3, 0.4) is 0 Å². The fourth-order valence-electron chi connectivity index (χ4n) is 3.21. The number of carbonyl (C=O) groups is 1. The Kier molecular flexibility index (Phi) is 6.66. The highest BCUT2D eigenvalue weighted by Crippen LogP contribution is 2.31. The Labute approximate surface area is 156 Å². The standard InChI is InChI=1S/C20H32N2O4/c1-19(2,3)26-18(24)22-17(14-25-20(22,4)5)16(11-12-23)21-13-15-9-7-6-8-10-15/h6-10,16-17,21,23H,11-14H2,1-5H3/t16-,17-/m0/s1. The molecular formula is C20H32N2O4. The van der Waals surface area contributed by atoms with Gasteiger partial charge in [-0.25, -0.2) is 4.79 Å². The molecule has 0 aliphatic carbocycles. The number of nitrogens with one attached hydrogen (secondary N) is 1. The maximum atomic E-state index is 12.8. The smallest absolute Gasteiger partial charge is 0.412 e. The number of ether oxygens (including phenoxy) is 2. The van der Waals surface area contributed by atoms with Gasteiger partial charge in [-0.3, -0.25) is 4.90 Å². The highest BCUT2D eigenvalue weighted by Gasteiger charge is 2.48. The monoisotopic (exact) mass is 364 g/mol. The second-order valence-electron chi connectivity index (χ2n) is 8.16. The quantitative estimate of drug-likeness (QED) is 0.812. The molecule has 6 heteroatoms. The van der Waals surface area contributed by atoms with Crippen LogP contribution in [-0.2, 0) is 16.0 Å². The van der Waals surface area contributed by atoms with E-state index in [1.54, 1.807) is 4.90 Å². The summed E-state index contributed by atoms with van der Waals surface area (Å²) in [7, 11) is 0. The molecule has 2 atom stereocenters. The molecule has 1 aliphatic rings. The maximum absolute atomic E-state index is 12.8. The van der Waals surface area contributed by atoms with Gasteiger partial charge in [0, 0.05) is 19.2 Å². The lowest BCUT2D eigenvalue weighted by Crippen LogP contribution is -2.56. The molecule has 2 rings (SSSR count). The van der Waals surface area contributed by atoms with Crippen molar-refractivity contribution in [2.75, 3.05) is 13.2 Å². The second-order valence-corrected chi connectivity index (χ2v) is 8.16. The first-order chi connectivity index (χ1) is 12.1. The first-order valence-corrected chi connectivity index (χ1v) is 9.18. The number of carbonyl (C=O) groups excluding carboxylic acids is 1. The van der Waals surface area contributed by atoms with E-state index in [0.717, 1.165) is 5.56 Å². The second kappa shape index (κ2) is 8.37. The van der Waals surface area contributed by atoms with Gasteiger partial charge in [0.2, 0.25) is 0 Å². The predicted octanol–water partition coefficient (Wildman–Crippen LogP) is 2.90. The minimum absolute atomic E-state index is 0.0333. The molecule has 1 saturated heterocycles. The molecule has 1 aromatic carbocycles. The van der Waals surface area contributed by atoms with Crippen LogP contribution in [0, 0.1) is 0 Å². The van der Waals surface area contributed by atoms with E-state index < -0.39 is 17.4 Å². The van der Waals surface area contributed by atoms with Crippen molar-refractivity contribution in [1.29, 1.82) is 0 Å². The van der Waals surface area contributed by atoms with Crippen molar-refractivity contribution in [1.82, 2.24) is 10.2 Å². The number of rotatable bonds is 6. The van der Waals surface area contributed by atoms with Crippen LogP contribution >= 0.6 is 0 Å². The fourth-order valence-corrected chi connectivity index (χ4v) is 3.21. The van der Waals surface area contributed by atoms with E-state index in [0.29, 0.717) is 19.6 Å². The third-order valence-electron chi connectivity index (χ3n) is 4.43. The van der Waals surface area contributed by atoms with Crippen LogP contribution in [0.4, 0.5) is 4.79 Å². The molecule has 6 nitrogen and oxygen atoms in total. The van der Waals surface area contributed by atoms with Crippen molar-refractivity contribution >= 4 is 6.09 Å². The number of benzene rings is 1. The first-order valence-electron chi connectivity index (χ1n) is 9.18. The summed E-state index contributed by atoms with van der Waals surface area (Å²) in [6.07, 6.45) is 0.130. The number of aliphatic hydroxyl groups is 1. The van der Waals surface area contributed by atoms with Gasteiger partial charge in [-0.2, -0.15) is 0 Å². The van der Waals surface area contributed by atoms with Crippen molar-refractivity contribution in [2.45, 2.75) is 71.0 Å². The Balaban J connectivity index is 2.15. The highest BCUT2D eigenvalue weighted by molar-refractivity contribution is 5.70. The summed E-state index contributed by atoms with van der Waals surface area (Å²) in [6, 6.07) is 9.74. The molecule has 0 bridgehead atoms. The Morgan fingerprint density at radius 2 is 2.04 bits per heavy atom. The Bertz CT molecular complexity index is 583. The van der Waals surface area contributed by atoms with Crippen LogP contribution in [0.2, 0.25) is 0 Å². The third-order valence-corrected chi connectivity index (χ3v) is 4.43. The molecule has 1 aliphatic heterocycles. The van der Waals surface area contributed by atoms with E-state index in [-0.39, 0.29) is 18.7 Å². The summed E-state index contributed by atoms with van der Waals surface area (Å²) in [6.45, 7) is 10.4. The summed E-state index contributed by atoms with van der Waals surface area (Å²) >= 11 is 0. The molecule has 2 N–H and O–H groups in total. The molecule has 1 fully saturated rings. The average molecular weight is 364 g/mol. The number of amides is 1. The summed E-state index contributed by atoms with van der Waals surface area (Å²) in [5.41, 5.74) is -0.184. The fraction of sp³-hybridized carbons (Fsp3) is 0.650. The Hall–Kier alpha value is -1.63. The van der Waals surface area contributed by atoms with Crippen molar-refractivity contribution in [3.63, 3.8) is 0 Å². The van der Waals surface area contributed by atoms with Crippen LogP contribution in [0.5, 0.6) is 0 Å². The van der Waals surface area contributed by atoms with Crippen molar-refractivity contribution in [3.05, 3.63) is 35.9 Å². The third kappa shape index (κ3) is 5.43.